The second-order valence-corrected chi connectivity index (χ2v) is 5.92. The van der Waals surface area contributed by atoms with Crippen LogP contribution in [0.3, 0.4) is 0 Å². The van der Waals surface area contributed by atoms with E-state index in [2.05, 4.69) is 24.1 Å². The van der Waals surface area contributed by atoms with Crippen molar-refractivity contribution in [3.63, 3.8) is 0 Å². The molecule has 1 amide bonds. The molecule has 0 saturated carbocycles. The lowest BCUT2D eigenvalue weighted by atomic mass is 10.1. The van der Waals surface area contributed by atoms with Crippen LogP contribution in [0.2, 0.25) is 0 Å². The number of carbonyl (C=O) groups is 1. The molecule has 1 saturated heterocycles. The van der Waals surface area contributed by atoms with Crippen LogP contribution < -0.4 is 10.1 Å². The predicted octanol–water partition coefficient (Wildman–Crippen LogP) is 2.83. The summed E-state index contributed by atoms with van der Waals surface area (Å²) in [6.07, 6.45) is 2.09. The summed E-state index contributed by atoms with van der Waals surface area (Å²) in [6, 6.07) is 5.81. The van der Waals surface area contributed by atoms with Gasteiger partial charge in [-0.05, 0) is 43.8 Å². The van der Waals surface area contributed by atoms with Crippen LogP contribution in [0.1, 0.15) is 32.3 Å². The van der Waals surface area contributed by atoms with E-state index in [4.69, 9.17) is 9.47 Å². The van der Waals surface area contributed by atoms with Gasteiger partial charge < -0.3 is 14.8 Å². The molecule has 1 aromatic rings. The van der Waals surface area contributed by atoms with Crippen LogP contribution in [-0.2, 0) is 9.53 Å². The first-order valence-electron chi connectivity index (χ1n) is 8.49. The second kappa shape index (κ2) is 8.89. The topological polar surface area (TPSA) is 50.8 Å². The Labute approximate surface area is 139 Å². The SMILES string of the molecule is CCN(CC)CC(=O)Nc1ccc(OC2CCOCC2)c(C)c1. The van der Waals surface area contributed by atoms with Gasteiger partial charge >= 0.3 is 0 Å². The number of hydrogen-bond acceptors (Lipinski definition) is 4. The Morgan fingerprint density at radius 2 is 2.00 bits per heavy atom. The summed E-state index contributed by atoms with van der Waals surface area (Å²) in [6.45, 7) is 9.84. The number of benzene rings is 1. The van der Waals surface area contributed by atoms with E-state index in [1.54, 1.807) is 0 Å². The van der Waals surface area contributed by atoms with Crippen molar-refractivity contribution in [2.75, 3.05) is 38.2 Å². The van der Waals surface area contributed by atoms with E-state index in [1.165, 1.54) is 0 Å². The van der Waals surface area contributed by atoms with Crippen LogP contribution in [-0.4, -0.2) is 49.8 Å². The van der Waals surface area contributed by atoms with Gasteiger partial charge in [0.1, 0.15) is 11.9 Å². The van der Waals surface area contributed by atoms with Gasteiger partial charge in [0.05, 0.1) is 19.8 Å². The molecule has 2 rings (SSSR count). The van der Waals surface area contributed by atoms with E-state index in [0.29, 0.717) is 6.54 Å². The Bertz CT molecular complexity index is 509. The number of ether oxygens (including phenoxy) is 2. The van der Waals surface area contributed by atoms with Gasteiger partial charge in [0.25, 0.3) is 0 Å². The zero-order chi connectivity index (χ0) is 16.7. The maximum absolute atomic E-state index is 12.1. The monoisotopic (exact) mass is 320 g/mol. The van der Waals surface area contributed by atoms with Crippen molar-refractivity contribution in [1.29, 1.82) is 0 Å². The number of likely N-dealkylation sites (N-methyl/N-ethyl adjacent to an activating group) is 1. The van der Waals surface area contributed by atoms with Crippen molar-refractivity contribution in [2.45, 2.75) is 39.7 Å². The summed E-state index contributed by atoms with van der Waals surface area (Å²) in [4.78, 5) is 14.1. The zero-order valence-corrected chi connectivity index (χ0v) is 14.4. The van der Waals surface area contributed by atoms with Gasteiger partial charge in [0.2, 0.25) is 5.91 Å². The van der Waals surface area contributed by atoms with Gasteiger partial charge in [0, 0.05) is 18.5 Å². The molecule has 1 N–H and O–H groups in total. The Balaban J connectivity index is 1.91. The number of anilines is 1. The van der Waals surface area contributed by atoms with Gasteiger partial charge in [-0.3, -0.25) is 9.69 Å². The molecular formula is C18H28N2O3. The molecule has 1 aliphatic rings. The quantitative estimate of drug-likeness (QED) is 0.839. The van der Waals surface area contributed by atoms with E-state index >= 15 is 0 Å². The Hall–Kier alpha value is -1.59. The molecule has 1 fully saturated rings. The normalized spacial score (nSPS) is 15.7. The van der Waals surface area contributed by atoms with E-state index in [1.807, 2.05) is 25.1 Å². The van der Waals surface area contributed by atoms with Crippen LogP contribution in [0.15, 0.2) is 18.2 Å². The molecule has 0 aromatic heterocycles. The van der Waals surface area contributed by atoms with Gasteiger partial charge in [-0.25, -0.2) is 0 Å². The van der Waals surface area contributed by atoms with Crippen molar-refractivity contribution >= 4 is 11.6 Å². The molecule has 0 atom stereocenters. The summed E-state index contributed by atoms with van der Waals surface area (Å²) in [5.74, 6) is 0.907. The fraction of sp³-hybridized carbons (Fsp3) is 0.611. The minimum Gasteiger partial charge on any atom is -0.490 e. The van der Waals surface area contributed by atoms with E-state index < -0.39 is 0 Å². The Morgan fingerprint density at radius 1 is 1.30 bits per heavy atom. The van der Waals surface area contributed by atoms with Crippen LogP contribution in [0, 0.1) is 6.92 Å². The minimum absolute atomic E-state index is 0.0196. The van der Waals surface area contributed by atoms with E-state index in [9.17, 15) is 4.79 Å². The fourth-order valence-electron chi connectivity index (χ4n) is 2.68. The molecule has 5 nitrogen and oxygen atoms in total. The molecule has 0 radical (unpaired) electrons. The van der Waals surface area contributed by atoms with E-state index in [0.717, 1.165) is 56.1 Å². The molecule has 1 aliphatic heterocycles. The molecule has 1 aromatic carbocycles. The highest BCUT2D eigenvalue weighted by Gasteiger charge is 2.16. The molecule has 5 heteroatoms. The number of rotatable bonds is 7. The van der Waals surface area contributed by atoms with Crippen molar-refractivity contribution in [1.82, 2.24) is 4.90 Å². The molecule has 0 spiro atoms. The molecule has 0 unspecified atom stereocenters. The van der Waals surface area contributed by atoms with Crippen molar-refractivity contribution < 1.29 is 14.3 Å². The average Bonchev–Trinajstić information content (AvgIpc) is 2.56. The first-order chi connectivity index (χ1) is 11.1. The number of amides is 1. The summed E-state index contributed by atoms with van der Waals surface area (Å²) < 4.78 is 11.4. The Morgan fingerprint density at radius 3 is 2.61 bits per heavy atom. The highest BCUT2D eigenvalue weighted by atomic mass is 16.5. The summed E-state index contributed by atoms with van der Waals surface area (Å²) in [7, 11) is 0. The van der Waals surface area contributed by atoms with Gasteiger partial charge in [-0.15, -0.1) is 0 Å². The third-order valence-electron chi connectivity index (χ3n) is 4.18. The molecular weight excluding hydrogens is 292 g/mol. The van der Waals surface area contributed by atoms with Gasteiger partial charge in [-0.1, -0.05) is 13.8 Å². The second-order valence-electron chi connectivity index (χ2n) is 5.92. The first-order valence-corrected chi connectivity index (χ1v) is 8.49. The van der Waals surface area contributed by atoms with E-state index in [-0.39, 0.29) is 12.0 Å². The number of aryl methyl sites for hydroxylation is 1. The number of nitrogens with one attached hydrogen (secondary N) is 1. The molecule has 128 valence electrons. The third-order valence-corrected chi connectivity index (χ3v) is 4.18. The van der Waals surface area contributed by atoms with Crippen molar-refractivity contribution in [3.05, 3.63) is 23.8 Å². The predicted molar refractivity (Wildman–Crippen MR) is 92.1 cm³/mol. The largest absolute Gasteiger partial charge is 0.490 e. The summed E-state index contributed by atoms with van der Waals surface area (Å²) >= 11 is 0. The smallest absolute Gasteiger partial charge is 0.238 e. The van der Waals surface area contributed by atoms with Crippen LogP contribution in [0.25, 0.3) is 0 Å². The minimum atomic E-state index is 0.0196. The van der Waals surface area contributed by atoms with Gasteiger partial charge in [-0.2, -0.15) is 0 Å². The molecule has 23 heavy (non-hydrogen) atoms. The van der Waals surface area contributed by atoms with Gasteiger partial charge in [0.15, 0.2) is 0 Å². The maximum Gasteiger partial charge on any atom is 0.238 e. The maximum atomic E-state index is 12.1. The lowest BCUT2D eigenvalue weighted by molar-refractivity contribution is -0.117. The standard InChI is InChI=1S/C18H28N2O3/c1-4-20(5-2)13-18(21)19-15-6-7-17(14(3)12-15)23-16-8-10-22-11-9-16/h6-7,12,16H,4-5,8-11,13H2,1-3H3,(H,19,21). The summed E-state index contributed by atoms with van der Waals surface area (Å²) in [5, 5.41) is 2.96. The zero-order valence-electron chi connectivity index (χ0n) is 14.4. The number of nitrogens with zero attached hydrogens (tertiary/aromatic N) is 1. The highest BCUT2D eigenvalue weighted by molar-refractivity contribution is 5.92. The number of carbonyl (C=O) groups excluding carboxylic acids is 1. The lowest BCUT2D eigenvalue weighted by Crippen LogP contribution is -2.32. The number of hydrogen-bond donors (Lipinski definition) is 1. The highest BCUT2D eigenvalue weighted by Crippen LogP contribution is 2.25. The molecule has 0 bridgehead atoms. The van der Waals surface area contributed by atoms with Crippen LogP contribution in [0.4, 0.5) is 5.69 Å². The van der Waals surface area contributed by atoms with Crippen LogP contribution in [0.5, 0.6) is 5.75 Å². The third kappa shape index (κ3) is 5.52. The average molecular weight is 320 g/mol. The molecule has 1 heterocycles. The first kappa shape index (κ1) is 17.8. The van der Waals surface area contributed by atoms with Crippen molar-refractivity contribution in [3.8, 4) is 5.75 Å². The summed E-state index contributed by atoms with van der Waals surface area (Å²) in [5.41, 5.74) is 1.86. The lowest BCUT2D eigenvalue weighted by Gasteiger charge is -2.24. The van der Waals surface area contributed by atoms with Crippen LogP contribution >= 0.6 is 0 Å². The molecule has 0 aliphatic carbocycles. The Kier molecular flexibility index (Phi) is 6.86. The van der Waals surface area contributed by atoms with Crippen molar-refractivity contribution in [2.24, 2.45) is 0 Å². The fourth-order valence-corrected chi connectivity index (χ4v) is 2.68.